The normalized spacial score (nSPS) is 12.3. The maximum absolute atomic E-state index is 13.5. The zero-order chi connectivity index (χ0) is 13.1. The van der Waals surface area contributed by atoms with Crippen LogP contribution in [0.5, 0.6) is 0 Å². The minimum atomic E-state index is -1.01. The van der Waals surface area contributed by atoms with Gasteiger partial charge in [0.05, 0.1) is 24.4 Å². The van der Waals surface area contributed by atoms with E-state index in [1.165, 1.54) is 12.3 Å². The third-order valence-electron chi connectivity index (χ3n) is 2.51. The molecule has 0 bridgehead atoms. The number of benzene rings is 1. The van der Waals surface area contributed by atoms with Gasteiger partial charge in [-0.05, 0) is 12.1 Å². The smallest absolute Gasteiger partial charge is 0.305 e. The second kappa shape index (κ2) is 4.97. The van der Waals surface area contributed by atoms with Crippen LogP contribution >= 0.6 is 0 Å². The molecule has 0 radical (unpaired) electrons. The number of rotatable bonds is 4. The third-order valence-corrected chi connectivity index (χ3v) is 2.51. The molecule has 1 unspecified atom stereocenters. The highest BCUT2D eigenvalue weighted by molar-refractivity contribution is 5.67. The average molecular weight is 249 g/mol. The first-order valence-corrected chi connectivity index (χ1v) is 5.35. The largest absolute Gasteiger partial charge is 0.481 e. The van der Waals surface area contributed by atoms with Crippen LogP contribution in [0.3, 0.4) is 0 Å². The van der Waals surface area contributed by atoms with Crippen molar-refractivity contribution in [3.8, 4) is 11.3 Å². The number of imidazole rings is 1. The Morgan fingerprint density at radius 2 is 2.22 bits per heavy atom. The van der Waals surface area contributed by atoms with Gasteiger partial charge in [0.2, 0.25) is 0 Å². The lowest BCUT2D eigenvalue weighted by molar-refractivity contribution is -0.137. The van der Waals surface area contributed by atoms with Gasteiger partial charge in [0.25, 0.3) is 0 Å². The average Bonchev–Trinajstić information content (AvgIpc) is 2.78. The van der Waals surface area contributed by atoms with Crippen molar-refractivity contribution in [2.45, 2.75) is 12.5 Å². The van der Waals surface area contributed by atoms with E-state index in [1.807, 2.05) is 0 Å². The van der Waals surface area contributed by atoms with Crippen molar-refractivity contribution in [3.05, 3.63) is 42.1 Å². The molecular formula is C12H12FN3O2. The van der Waals surface area contributed by atoms with E-state index < -0.39 is 12.0 Å². The number of aliphatic carboxylic acids is 1. The van der Waals surface area contributed by atoms with E-state index in [0.717, 1.165) is 0 Å². The molecule has 4 N–H and O–H groups in total. The van der Waals surface area contributed by atoms with Crippen LogP contribution in [0, 0.1) is 5.82 Å². The number of nitrogens with zero attached hydrogens (tertiary/aromatic N) is 1. The van der Waals surface area contributed by atoms with Crippen molar-refractivity contribution in [2.24, 2.45) is 5.73 Å². The molecule has 0 amide bonds. The molecule has 1 aromatic carbocycles. The van der Waals surface area contributed by atoms with Crippen molar-refractivity contribution >= 4 is 5.97 Å². The Morgan fingerprint density at radius 1 is 1.50 bits per heavy atom. The lowest BCUT2D eigenvalue weighted by Crippen LogP contribution is -2.16. The van der Waals surface area contributed by atoms with Gasteiger partial charge in [-0.3, -0.25) is 4.79 Å². The van der Waals surface area contributed by atoms with E-state index in [0.29, 0.717) is 17.1 Å². The predicted molar refractivity (Wildman–Crippen MR) is 63.2 cm³/mol. The second-order valence-electron chi connectivity index (χ2n) is 3.87. The number of halogens is 1. The fourth-order valence-electron chi connectivity index (χ4n) is 1.63. The minimum absolute atomic E-state index is 0.232. The molecule has 0 aliphatic carbocycles. The van der Waals surface area contributed by atoms with E-state index in [4.69, 9.17) is 10.8 Å². The Hall–Kier alpha value is -2.21. The van der Waals surface area contributed by atoms with Gasteiger partial charge in [-0.2, -0.15) is 0 Å². The summed E-state index contributed by atoms with van der Waals surface area (Å²) >= 11 is 0. The van der Waals surface area contributed by atoms with E-state index >= 15 is 0 Å². The molecule has 18 heavy (non-hydrogen) atoms. The summed E-state index contributed by atoms with van der Waals surface area (Å²) in [5, 5.41) is 8.63. The van der Waals surface area contributed by atoms with Crippen molar-refractivity contribution in [1.82, 2.24) is 9.97 Å². The summed E-state index contributed by atoms with van der Waals surface area (Å²) in [6, 6.07) is 5.51. The first-order chi connectivity index (χ1) is 8.58. The Balaban J connectivity index is 2.26. The zero-order valence-electron chi connectivity index (χ0n) is 9.43. The molecule has 1 atom stereocenters. The number of carboxylic acid groups (broad SMARTS) is 1. The van der Waals surface area contributed by atoms with Crippen LogP contribution in [0.15, 0.2) is 30.5 Å². The van der Waals surface area contributed by atoms with Gasteiger partial charge in [0.15, 0.2) is 0 Å². The maximum atomic E-state index is 13.5. The van der Waals surface area contributed by atoms with Crippen LogP contribution in [0.2, 0.25) is 0 Å². The lowest BCUT2D eigenvalue weighted by Gasteiger charge is -2.04. The summed E-state index contributed by atoms with van der Waals surface area (Å²) in [5.41, 5.74) is 6.51. The number of aromatic amines is 1. The van der Waals surface area contributed by atoms with E-state index in [9.17, 15) is 9.18 Å². The summed E-state index contributed by atoms with van der Waals surface area (Å²) < 4.78 is 13.5. The maximum Gasteiger partial charge on any atom is 0.305 e. The predicted octanol–water partition coefficient (Wildman–Crippen LogP) is 1.69. The molecule has 1 aromatic heterocycles. The molecule has 1 heterocycles. The number of carboxylic acids is 1. The Bertz CT molecular complexity index is 568. The van der Waals surface area contributed by atoms with E-state index in [1.54, 1.807) is 18.2 Å². The zero-order valence-corrected chi connectivity index (χ0v) is 9.43. The molecule has 0 aliphatic rings. The van der Waals surface area contributed by atoms with Gasteiger partial charge in [-0.1, -0.05) is 12.1 Å². The standard InChI is InChI=1S/C12H12FN3O2/c13-8-4-2-1-3-7(8)10-6-15-12(16-10)9(14)5-11(17)18/h1-4,6,9H,5,14H2,(H,15,16)(H,17,18). The number of nitrogens with two attached hydrogens (primary N) is 1. The van der Waals surface area contributed by atoms with Crippen molar-refractivity contribution in [2.75, 3.05) is 0 Å². The number of aromatic nitrogens is 2. The number of hydrogen-bond acceptors (Lipinski definition) is 3. The molecule has 0 fully saturated rings. The Kier molecular flexibility index (Phi) is 3.38. The quantitative estimate of drug-likeness (QED) is 0.768. The summed E-state index contributed by atoms with van der Waals surface area (Å²) in [7, 11) is 0. The topological polar surface area (TPSA) is 92.0 Å². The summed E-state index contributed by atoms with van der Waals surface area (Å²) in [6.45, 7) is 0. The van der Waals surface area contributed by atoms with Crippen LogP contribution in [0.4, 0.5) is 4.39 Å². The monoisotopic (exact) mass is 249 g/mol. The van der Waals surface area contributed by atoms with Crippen LogP contribution in [-0.2, 0) is 4.79 Å². The van der Waals surface area contributed by atoms with Crippen LogP contribution in [0.25, 0.3) is 11.3 Å². The molecule has 0 spiro atoms. The highest BCUT2D eigenvalue weighted by Crippen LogP contribution is 2.22. The van der Waals surface area contributed by atoms with Crippen molar-refractivity contribution < 1.29 is 14.3 Å². The summed E-state index contributed by atoms with van der Waals surface area (Å²) in [4.78, 5) is 17.3. The van der Waals surface area contributed by atoms with Crippen molar-refractivity contribution in [1.29, 1.82) is 0 Å². The first kappa shape index (κ1) is 12.3. The van der Waals surface area contributed by atoms with Gasteiger partial charge in [-0.25, -0.2) is 9.37 Å². The molecule has 94 valence electrons. The number of hydrogen-bond donors (Lipinski definition) is 3. The molecule has 5 nitrogen and oxygen atoms in total. The summed E-state index contributed by atoms with van der Waals surface area (Å²) in [5.74, 6) is -1.05. The van der Waals surface area contributed by atoms with Gasteiger partial charge >= 0.3 is 5.97 Å². The molecule has 0 saturated heterocycles. The number of H-pyrrole nitrogens is 1. The highest BCUT2D eigenvalue weighted by Gasteiger charge is 2.15. The van der Waals surface area contributed by atoms with Crippen LogP contribution in [0.1, 0.15) is 18.3 Å². The third kappa shape index (κ3) is 2.54. The fraction of sp³-hybridized carbons (Fsp3) is 0.167. The molecule has 2 aromatic rings. The first-order valence-electron chi connectivity index (χ1n) is 5.35. The van der Waals surface area contributed by atoms with Crippen molar-refractivity contribution in [3.63, 3.8) is 0 Å². The molecule has 2 rings (SSSR count). The SMILES string of the molecule is NC(CC(=O)O)c1ncc(-c2ccccc2F)[nH]1. The number of carbonyl (C=O) groups is 1. The molecular weight excluding hydrogens is 237 g/mol. The lowest BCUT2D eigenvalue weighted by atomic mass is 10.1. The molecule has 0 saturated carbocycles. The van der Waals surface area contributed by atoms with Gasteiger partial charge < -0.3 is 15.8 Å². The Labute approximate surface area is 102 Å². The van der Waals surface area contributed by atoms with Gasteiger partial charge in [0.1, 0.15) is 11.6 Å². The van der Waals surface area contributed by atoms with Gasteiger partial charge in [-0.15, -0.1) is 0 Å². The van der Waals surface area contributed by atoms with E-state index in [-0.39, 0.29) is 12.2 Å². The minimum Gasteiger partial charge on any atom is -0.481 e. The fourth-order valence-corrected chi connectivity index (χ4v) is 1.63. The number of nitrogens with one attached hydrogen (secondary N) is 1. The van der Waals surface area contributed by atoms with Crippen LogP contribution in [-0.4, -0.2) is 21.0 Å². The molecule has 0 aliphatic heterocycles. The van der Waals surface area contributed by atoms with E-state index in [2.05, 4.69) is 9.97 Å². The second-order valence-corrected chi connectivity index (χ2v) is 3.87. The van der Waals surface area contributed by atoms with Crippen LogP contribution < -0.4 is 5.73 Å². The highest BCUT2D eigenvalue weighted by atomic mass is 19.1. The Morgan fingerprint density at radius 3 is 2.89 bits per heavy atom. The molecule has 6 heteroatoms. The van der Waals surface area contributed by atoms with Gasteiger partial charge in [0, 0.05) is 5.56 Å². The summed E-state index contributed by atoms with van der Waals surface area (Å²) in [6.07, 6.45) is 1.21.